The van der Waals surface area contributed by atoms with Crippen LogP contribution < -0.4 is 0 Å². The maximum atomic E-state index is 11.6. The Labute approximate surface area is 96.6 Å². The third-order valence-electron chi connectivity index (χ3n) is 3.03. The first-order valence-electron chi connectivity index (χ1n) is 6.02. The van der Waals surface area contributed by atoms with Gasteiger partial charge in [0.05, 0.1) is 6.10 Å². The molecule has 2 heteroatoms. The summed E-state index contributed by atoms with van der Waals surface area (Å²) in [6.45, 7) is 0.277. The van der Waals surface area contributed by atoms with E-state index in [-0.39, 0.29) is 12.4 Å². The number of Topliss-reactive ketones (excluding diaryl/α,β-unsaturated/α-hetero) is 1. The number of rotatable bonds is 5. The minimum atomic E-state index is 0.179. The molecule has 0 atom stereocenters. The Bertz CT molecular complexity index is 326. The van der Waals surface area contributed by atoms with Crippen molar-refractivity contribution in [1.29, 1.82) is 0 Å². The summed E-state index contributed by atoms with van der Waals surface area (Å²) in [7, 11) is 0. The van der Waals surface area contributed by atoms with Gasteiger partial charge in [-0.3, -0.25) is 4.79 Å². The lowest BCUT2D eigenvalue weighted by molar-refractivity contribution is -0.124. The van der Waals surface area contributed by atoms with E-state index in [9.17, 15) is 4.79 Å². The minimum absolute atomic E-state index is 0.179. The van der Waals surface area contributed by atoms with E-state index in [2.05, 4.69) is 0 Å². The van der Waals surface area contributed by atoms with Crippen molar-refractivity contribution in [1.82, 2.24) is 0 Å². The molecular formula is C14H18O2. The lowest BCUT2D eigenvalue weighted by atomic mass is 10.1. The second-order valence-corrected chi connectivity index (χ2v) is 4.42. The summed E-state index contributed by atoms with van der Waals surface area (Å²) >= 11 is 0. The van der Waals surface area contributed by atoms with Crippen molar-refractivity contribution in [2.24, 2.45) is 0 Å². The average Bonchev–Trinajstić information content (AvgIpc) is 2.81. The fraction of sp³-hybridized carbons (Fsp3) is 0.500. The van der Waals surface area contributed by atoms with Gasteiger partial charge < -0.3 is 4.74 Å². The number of hydrogen-bond donors (Lipinski definition) is 0. The van der Waals surface area contributed by atoms with Gasteiger partial charge in [0.25, 0.3) is 0 Å². The molecule has 0 N–H and O–H groups in total. The Kier molecular flexibility index (Phi) is 4.11. The van der Waals surface area contributed by atoms with Crippen molar-refractivity contribution in [3.8, 4) is 0 Å². The standard InChI is InChI=1S/C14H18O2/c15-13(10-12-6-2-1-3-7-12)11-16-14-8-4-5-9-14/h1-3,6-7,14H,4-5,8-11H2. The molecule has 1 aliphatic carbocycles. The molecule has 16 heavy (non-hydrogen) atoms. The third kappa shape index (κ3) is 3.46. The molecule has 0 unspecified atom stereocenters. The zero-order valence-electron chi connectivity index (χ0n) is 9.52. The maximum absolute atomic E-state index is 11.6. The lowest BCUT2D eigenvalue weighted by Gasteiger charge is -2.09. The van der Waals surface area contributed by atoms with Crippen molar-refractivity contribution in [2.45, 2.75) is 38.2 Å². The van der Waals surface area contributed by atoms with E-state index >= 15 is 0 Å². The largest absolute Gasteiger partial charge is 0.370 e. The lowest BCUT2D eigenvalue weighted by Crippen LogP contribution is -2.17. The van der Waals surface area contributed by atoms with Crippen LogP contribution in [0.15, 0.2) is 30.3 Å². The number of benzene rings is 1. The molecule has 2 nitrogen and oxygen atoms in total. The van der Waals surface area contributed by atoms with Crippen LogP contribution in [0.25, 0.3) is 0 Å². The predicted molar refractivity (Wildman–Crippen MR) is 63.4 cm³/mol. The van der Waals surface area contributed by atoms with Crippen molar-refractivity contribution >= 4 is 5.78 Å². The molecule has 86 valence electrons. The second kappa shape index (κ2) is 5.80. The van der Waals surface area contributed by atoms with Gasteiger partial charge in [0, 0.05) is 6.42 Å². The fourth-order valence-electron chi connectivity index (χ4n) is 2.14. The van der Waals surface area contributed by atoms with Crippen molar-refractivity contribution < 1.29 is 9.53 Å². The molecule has 1 fully saturated rings. The molecule has 0 bridgehead atoms. The number of hydrogen-bond acceptors (Lipinski definition) is 2. The highest BCUT2D eigenvalue weighted by molar-refractivity contribution is 5.82. The van der Waals surface area contributed by atoms with E-state index in [4.69, 9.17) is 4.74 Å². The average molecular weight is 218 g/mol. The molecule has 0 amide bonds. The van der Waals surface area contributed by atoms with Gasteiger partial charge in [0.1, 0.15) is 6.61 Å². The number of carbonyl (C=O) groups excluding carboxylic acids is 1. The van der Waals surface area contributed by atoms with Crippen LogP contribution in [-0.4, -0.2) is 18.5 Å². The Morgan fingerprint density at radius 2 is 1.88 bits per heavy atom. The van der Waals surface area contributed by atoms with Crippen LogP contribution in [0.5, 0.6) is 0 Å². The van der Waals surface area contributed by atoms with Gasteiger partial charge >= 0.3 is 0 Å². The Morgan fingerprint density at radius 3 is 2.56 bits per heavy atom. The van der Waals surface area contributed by atoms with E-state index in [1.54, 1.807) is 0 Å². The molecule has 0 radical (unpaired) electrons. The van der Waals surface area contributed by atoms with Crippen molar-refractivity contribution in [3.63, 3.8) is 0 Å². The van der Waals surface area contributed by atoms with Gasteiger partial charge in [0.2, 0.25) is 0 Å². The van der Waals surface area contributed by atoms with E-state index in [0.29, 0.717) is 12.5 Å². The van der Waals surface area contributed by atoms with Crippen LogP contribution in [0, 0.1) is 0 Å². The molecule has 1 saturated carbocycles. The molecule has 1 aromatic rings. The fourth-order valence-corrected chi connectivity index (χ4v) is 2.14. The summed E-state index contributed by atoms with van der Waals surface area (Å²) < 4.78 is 5.59. The highest BCUT2D eigenvalue weighted by Gasteiger charge is 2.16. The number of carbonyl (C=O) groups is 1. The third-order valence-corrected chi connectivity index (χ3v) is 3.03. The first-order valence-corrected chi connectivity index (χ1v) is 6.02. The molecule has 0 spiro atoms. The summed E-state index contributed by atoms with van der Waals surface area (Å²) in [5, 5.41) is 0. The van der Waals surface area contributed by atoms with Gasteiger partial charge in [-0.15, -0.1) is 0 Å². The number of ether oxygens (including phenoxy) is 1. The predicted octanol–water partition coefficient (Wildman–Crippen LogP) is 2.76. The second-order valence-electron chi connectivity index (χ2n) is 4.42. The van der Waals surface area contributed by atoms with Gasteiger partial charge in [-0.2, -0.15) is 0 Å². The quantitative estimate of drug-likeness (QED) is 0.759. The summed E-state index contributed by atoms with van der Waals surface area (Å²) in [6.07, 6.45) is 5.57. The molecule has 0 aliphatic heterocycles. The highest BCUT2D eigenvalue weighted by Crippen LogP contribution is 2.20. The zero-order chi connectivity index (χ0) is 11.2. The van der Waals surface area contributed by atoms with E-state index < -0.39 is 0 Å². The van der Waals surface area contributed by atoms with Crippen molar-refractivity contribution in [3.05, 3.63) is 35.9 Å². The van der Waals surface area contributed by atoms with Crippen LogP contribution in [0.3, 0.4) is 0 Å². The summed E-state index contributed by atoms with van der Waals surface area (Å²) in [4.78, 5) is 11.6. The van der Waals surface area contributed by atoms with Gasteiger partial charge in [0.15, 0.2) is 5.78 Å². The molecule has 1 aromatic carbocycles. The molecular weight excluding hydrogens is 200 g/mol. The molecule has 0 heterocycles. The first kappa shape index (κ1) is 11.3. The normalized spacial score (nSPS) is 16.5. The number of ketones is 1. The molecule has 1 aliphatic rings. The van der Waals surface area contributed by atoms with Crippen LogP contribution >= 0.6 is 0 Å². The summed E-state index contributed by atoms with van der Waals surface area (Å²) in [6, 6.07) is 9.84. The van der Waals surface area contributed by atoms with Gasteiger partial charge in [-0.25, -0.2) is 0 Å². The Balaban J connectivity index is 1.72. The first-order chi connectivity index (χ1) is 7.84. The van der Waals surface area contributed by atoms with E-state index in [1.807, 2.05) is 30.3 Å². The molecule has 0 saturated heterocycles. The van der Waals surface area contributed by atoms with Crippen LogP contribution in [0.4, 0.5) is 0 Å². The maximum Gasteiger partial charge on any atom is 0.162 e. The molecule has 0 aromatic heterocycles. The van der Waals surface area contributed by atoms with E-state index in [1.165, 1.54) is 12.8 Å². The topological polar surface area (TPSA) is 26.3 Å². The summed E-state index contributed by atoms with van der Waals surface area (Å²) in [5.74, 6) is 0.179. The van der Waals surface area contributed by atoms with Gasteiger partial charge in [-0.05, 0) is 18.4 Å². The molecule has 2 rings (SSSR count). The van der Waals surface area contributed by atoms with Crippen molar-refractivity contribution in [2.75, 3.05) is 6.61 Å². The van der Waals surface area contributed by atoms with Gasteiger partial charge in [-0.1, -0.05) is 43.2 Å². The van der Waals surface area contributed by atoms with Crippen LogP contribution in [0.2, 0.25) is 0 Å². The Morgan fingerprint density at radius 1 is 1.19 bits per heavy atom. The summed E-state index contributed by atoms with van der Waals surface area (Å²) in [5.41, 5.74) is 1.07. The Hall–Kier alpha value is -1.15. The highest BCUT2D eigenvalue weighted by atomic mass is 16.5. The van der Waals surface area contributed by atoms with E-state index in [0.717, 1.165) is 18.4 Å². The minimum Gasteiger partial charge on any atom is -0.370 e. The monoisotopic (exact) mass is 218 g/mol. The zero-order valence-corrected chi connectivity index (χ0v) is 9.52. The smallest absolute Gasteiger partial charge is 0.162 e. The SMILES string of the molecule is O=C(COC1CCCC1)Cc1ccccc1. The van der Waals surface area contributed by atoms with Crippen LogP contribution in [-0.2, 0) is 16.0 Å². The van der Waals surface area contributed by atoms with Crippen LogP contribution in [0.1, 0.15) is 31.2 Å².